The number of hydrogen-bond acceptors (Lipinski definition) is 1. The molecule has 1 nitrogen and oxygen atoms in total. The van der Waals surface area contributed by atoms with Crippen LogP contribution in [0, 0.1) is 17.6 Å². The highest BCUT2D eigenvalue weighted by Crippen LogP contribution is 2.22. The first-order chi connectivity index (χ1) is 6.04. The van der Waals surface area contributed by atoms with Gasteiger partial charge in [0.15, 0.2) is 11.6 Å². The molecule has 0 aliphatic heterocycles. The van der Waals surface area contributed by atoms with Gasteiger partial charge in [0.1, 0.15) is 0 Å². The minimum absolute atomic E-state index is 0.0938. The van der Waals surface area contributed by atoms with Crippen molar-refractivity contribution in [1.82, 2.24) is 0 Å². The van der Waals surface area contributed by atoms with Crippen LogP contribution in [0.25, 0.3) is 0 Å². The molecule has 0 aromatic heterocycles. The molecule has 0 fully saturated rings. The summed E-state index contributed by atoms with van der Waals surface area (Å²) >= 11 is 0. The molecular weight excluding hydrogens is 172 g/mol. The molecule has 0 saturated carbocycles. The fourth-order valence-electron chi connectivity index (χ4n) is 1.14. The maximum absolute atomic E-state index is 13.2. The van der Waals surface area contributed by atoms with Crippen molar-refractivity contribution in [1.29, 1.82) is 0 Å². The van der Waals surface area contributed by atoms with Crippen LogP contribution in [-0.4, -0.2) is 0 Å². The standard InChI is InChI=1S/C10H13F2N/c1-6(2)10(13)7-4-3-5-8(11)9(7)12/h3-6,10H,13H2,1-2H3/t10-/m1/s1. The van der Waals surface area contributed by atoms with Gasteiger partial charge in [-0.1, -0.05) is 26.0 Å². The first kappa shape index (κ1) is 10.1. The van der Waals surface area contributed by atoms with Crippen molar-refractivity contribution >= 4 is 0 Å². The Hall–Kier alpha value is -0.960. The van der Waals surface area contributed by atoms with Crippen LogP contribution in [0.4, 0.5) is 8.78 Å². The number of benzene rings is 1. The van der Waals surface area contributed by atoms with Crippen LogP contribution in [0.15, 0.2) is 18.2 Å². The molecule has 0 saturated heterocycles. The van der Waals surface area contributed by atoms with E-state index in [9.17, 15) is 8.78 Å². The summed E-state index contributed by atoms with van der Waals surface area (Å²) < 4.78 is 25.9. The molecule has 0 spiro atoms. The molecule has 0 unspecified atom stereocenters. The molecule has 0 aliphatic carbocycles. The highest BCUT2D eigenvalue weighted by Gasteiger charge is 2.16. The fraction of sp³-hybridized carbons (Fsp3) is 0.400. The van der Waals surface area contributed by atoms with Crippen LogP contribution in [0.2, 0.25) is 0 Å². The fourth-order valence-corrected chi connectivity index (χ4v) is 1.14. The molecule has 2 N–H and O–H groups in total. The summed E-state index contributed by atoms with van der Waals surface area (Å²) in [5.41, 5.74) is 5.95. The first-order valence-corrected chi connectivity index (χ1v) is 4.23. The summed E-state index contributed by atoms with van der Waals surface area (Å²) in [5.74, 6) is -1.58. The molecule has 1 aromatic carbocycles. The van der Waals surface area contributed by atoms with Crippen molar-refractivity contribution in [2.75, 3.05) is 0 Å². The summed E-state index contributed by atoms with van der Waals surface area (Å²) in [4.78, 5) is 0. The third-order valence-electron chi connectivity index (χ3n) is 2.06. The highest BCUT2D eigenvalue weighted by atomic mass is 19.2. The van der Waals surface area contributed by atoms with Crippen LogP contribution in [-0.2, 0) is 0 Å². The monoisotopic (exact) mass is 185 g/mol. The minimum Gasteiger partial charge on any atom is -0.324 e. The van der Waals surface area contributed by atoms with Crippen molar-refractivity contribution in [3.05, 3.63) is 35.4 Å². The Morgan fingerprint density at radius 2 is 1.85 bits per heavy atom. The van der Waals surface area contributed by atoms with Gasteiger partial charge in [-0.05, 0) is 12.0 Å². The number of halogens is 2. The van der Waals surface area contributed by atoms with E-state index >= 15 is 0 Å². The average Bonchev–Trinajstić information content (AvgIpc) is 2.08. The lowest BCUT2D eigenvalue weighted by atomic mass is 9.96. The lowest BCUT2D eigenvalue weighted by Gasteiger charge is -2.16. The van der Waals surface area contributed by atoms with Gasteiger partial charge in [0.2, 0.25) is 0 Å². The van der Waals surface area contributed by atoms with Crippen LogP contribution < -0.4 is 5.73 Å². The highest BCUT2D eigenvalue weighted by molar-refractivity contribution is 5.22. The maximum Gasteiger partial charge on any atom is 0.163 e. The third-order valence-corrected chi connectivity index (χ3v) is 2.06. The summed E-state index contributed by atoms with van der Waals surface area (Å²) in [6.45, 7) is 3.74. The molecule has 1 atom stereocenters. The first-order valence-electron chi connectivity index (χ1n) is 4.23. The Kier molecular flexibility index (Phi) is 2.98. The molecule has 72 valence electrons. The van der Waals surface area contributed by atoms with E-state index in [4.69, 9.17) is 5.73 Å². The summed E-state index contributed by atoms with van der Waals surface area (Å²) in [6, 6.07) is 3.63. The molecule has 0 radical (unpaired) electrons. The second-order valence-electron chi connectivity index (χ2n) is 3.41. The van der Waals surface area contributed by atoms with Crippen molar-refractivity contribution in [3.63, 3.8) is 0 Å². The smallest absolute Gasteiger partial charge is 0.163 e. The van der Waals surface area contributed by atoms with E-state index in [2.05, 4.69) is 0 Å². The summed E-state index contributed by atoms with van der Waals surface area (Å²) in [5, 5.41) is 0. The van der Waals surface area contributed by atoms with Gasteiger partial charge in [-0.2, -0.15) is 0 Å². The van der Waals surface area contributed by atoms with E-state index in [-0.39, 0.29) is 11.5 Å². The van der Waals surface area contributed by atoms with E-state index in [1.807, 2.05) is 13.8 Å². The second kappa shape index (κ2) is 3.83. The average molecular weight is 185 g/mol. The molecular formula is C10H13F2N. The van der Waals surface area contributed by atoms with Crippen molar-refractivity contribution in [3.8, 4) is 0 Å². The number of hydrogen-bond donors (Lipinski definition) is 1. The largest absolute Gasteiger partial charge is 0.324 e. The van der Waals surface area contributed by atoms with Gasteiger partial charge in [0.05, 0.1) is 0 Å². The zero-order valence-electron chi connectivity index (χ0n) is 7.72. The van der Waals surface area contributed by atoms with Crippen molar-refractivity contribution < 1.29 is 8.78 Å². The number of nitrogens with two attached hydrogens (primary N) is 1. The molecule has 0 amide bonds. The molecule has 1 aromatic rings. The SMILES string of the molecule is CC(C)[C@@H](N)c1cccc(F)c1F. The second-order valence-corrected chi connectivity index (χ2v) is 3.41. The van der Waals surface area contributed by atoms with Crippen molar-refractivity contribution in [2.45, 2.75) is 19.9 Å². The molecule has 13 heavy (non-hydrogen) atoms. The predicted octanol–water partition coefficient (Wildman–Crippen LogP) is 2.62. The lowest BCUT2D eigenvalue weighted by molar-refractivity contribution is 0.452. The van der Waals surface area contributed by atoms with E-state index in [1.165, 1.54) is 12.1 Å². The number of rotatable bonds is 2. The zero-order valence-corrected chi connectivity index (χ0v) is 7.72. The van der Waals surface area contributed by atoms with Crippen LogP contribution in [0.1, 0.15) is 25.5 Å². The lowest BCUT2D eigenvalue weighted by Crippen LogP contribution is -2.18. The van der Waals surface area contributed by atoms with Crippen molar-refractivity contribution in [2.24, 2.45) is 11.7 Å². The van der Waals surface area contributed by atoms with Gasteiger partial charge in [-0.3, -0.25) is 0 Å². The molecule has 1 rings (SSSR count). The Balaban J connectivity index is 3.07. The third kappa shape index (κ3) is 2.04. The Labute approximate surface area is 76.6 Å². The summed E-state index contributed by atoms with van der Waals surface area (Å²) in [6.07, 6.45) is 0. The van der Waals surface area contributed by atoms with E-state index in [0.717, 1.165) is 6.07 Å². The maximum atomic E-state index is 13.2. The van der Waals surface area contributed by atoms with Gasteiger partial charge in [-0.25, -0.2) is 8.78 Å². The van der Waals surface area contributed by atoms with Crippen LogP contribution in [0.3, 0.4) is 0 Å². The van der Waals surface area contributed by atoms with Gasteiger partial charge in [-0.15, -0.1) is 0 Å². The van der Waals surface area contributed by atoms with E-state index < -0.39 is 17.7 Å². The van der Waals surface area contributed by atoms with Gasteiger partial charge in [0, 0.05) is 11.6 Å². The van der Waals surface area contributed by atoms with Crippen LogP contribution >= 0.6 is 0 Å². The molecule has 3 heteroatoms. The zero-order chi connectivity index (χ0) is 10.0. The Bertz CT molecular complexity index is 297. The molecule has 0 bridgehead atoms. The molecule has 0 heterocycles. The van der Waals surface area contributed by atoms with Gasteiger partial charge in [0.25, 0.3) is 0 Å². The van der Waals surface area contributed by atoms with Gasteiger partial charge < -0.3 is 5.73 Å². The minimum atomic E-state index is -0.839. The van der Waals surface area contributed by atoms with E-state index in [1.54, 1.807) is 0 Å². The van der Waals surface area contributed by atoms with Crippen LogP contribution in [0.5, 0.6) is 0 Å². The molecule has 0 aliphatic rings. The Morgan fingerprint density at radius 1 is 1.23 bits per heavy atom. The normalized spacial score (nSPS) is 13.4. The summed E-state index contributed by atoms with van der Waals surface area (Å²) in [7, 11) is 0. The van der Waals surface area contributed by atoms with Gasteiger partial charge >= 0.3 is 0 Å². The quantitative estimate of drug-likeness (QED) is 0.753. The van der Waals surface area contributed by atoms with E-state index in [0.29, 0.717) is 0 Å². The predicted molar refractivity (Wildman–Crippen MR) is 48.1 cm³/mol. The Morgan fingerprint density at radius 3 is 2.38 bits per heavy atom. The topological polar surface area (TPSA) is 26.0 Å².